The largest absolute Gasteiger partial charge is 0.378 e. The van der Waals surface area contributed by atoms with Gasteiger partial charge in [-0.25, -0.2) is 0 Å². The SMILES string of the molecule is CCNC(=NCCC(OCC)C(C)C)N(C)CC(=O)NC(C)(C)C. The second-order valence-corrected chi connectivity index (χ2v) is 7.42. The van der Waals surface area contributed by atoms with Crippen LogP contribution in [-0.2, 0) is 9.53 Å². The van der Waals surface area contributed by atoms with Crippen LogP contribution in [0, 0.1) is 5.92 Å². The molecular formula is C18H38N4O2. The van der Waals surface area contributed by atoms with E-state index < -0.39 is 0 Å². The second kappa shape index (κ2) is 11.3. The lowest BCUT2D eigenvalue weighted by molar-refractivity contribution is -0.122. The van der Waals surface area contributed by atoms with Crippen LogP contribution in [-0.4, -0.2) is 61.7 Å². The maximum Gasteiger partial charge on any atom is 0.240 e. The molecule has 0 radical (unpaired) electrons. The number of ether oxygens (including phenoxy) is 1. The van der Waals surface area contributed by atoms with Gasteiger partial charge in [-0.05, 0) is 47.0 Å². The van der Waals surface area contributed by atoms with Crippen LogP contribution >= 0.6 is 0 Å². The van der Waals surface area contributed by atoms with Crippen molar-refractivity contribution in [3.8, 4) is 0 Å². The van der Waals surface area contributed by atoms with Crippen molar-refractivity contribution >= 4 is 11.9 Å². The minimum atomic E-state index is -0.227. The number of rotatable bonds is 9. The van der Waals surface area contributed by atoms with E-state index in [1.165, 1.54) is 0 Å². The van der Waals surface area contributed by atoms with Crippen LogP contribution < -0.4 is 10.6 Å². The third-order valence-corrected chi connectivity index (χ3v) is 3.39. The van der Waals surface area contributed by atoms with E-state index in [1.807, 2.05) is 46.6 Å². The Morgan fingerprint density at radius 1 is 1.25 bits per heavy atom. The van der Waals surface area contributed by atoms with Gasteiger partial charge in [0.25, 0.3) is 0 Å². The number of likely N-dealkylation sites (N-methyl/N-ethyl adjacent to an activating group) is 1. The molecule has 6 nitrogen and oxygen atoms in total. The molecule has 1 unspecified atom stereocenters. The summed E-state index contributed by atoms with van der Waals surface area (Å²) >= 11 is 0. The Hall–Kier alpha value is -1.30. The number of guanidine groups is 1. The van der Waals surface area contributed by atoms with Crippen molar-refractivity contribution in [1.29, 1.82) is 0 Å². The third-order valence-electron chi connectivity index (χ3n) is 3.39. The molecule has 1 amide bonds. The molecule has 0 spiro atoms. The predicted octanol–water partition coefficient (Wildman–Crippen LogP) is 2.25. The quantitative estimate of drug-likeness (QED) is 0.498. The van der Waals surface area contributed by atoms with Crippen molar-refractivity contribution in [3.05, 3.63) is 0 Å². The van der Waals surface area contributed by atoms with Gasteiger partial charge in [-0.15, -0.1) is 0 Å². The number of carbonyl (C=O) groups excluding carboxylic acids is 1. The van der Waals surface area contributed by atoms with Crippen LogP contribution in [0.1, 0.15) is 54.9 Å². The highest BCUT2D eigenvalue weighted by Gasteiger charge is 2.17. The lowest BCUT2D eigenvalue weighted by atomic mass is 10.0. The standard InChI is InChI=1S/C18H38N4O2/c1-9-19-17(20-12-11-15(14(3)4)24-10-2)22(8)13-16(23)21-18(5,6)7/h14-15H,9-13H2,1-8H3,(H,19,20)(H,21,23). The first-order chi connectivity index (χ1) is 11.1. The molecule has 2 N–H and O–H groups in total. The Labute approximate surface area is 148 Å². The Bertz CT molecular complexity index is 389. The van der Waals surface area contributed by atoms with Crippen LogP contribution in [0.3, 0.4) is 0 Å². The Balaban J connectivity index is 4.67. The van der Waals surface area contributed by atoms with E-state index in [2.05, 4.69) is 29.5 Å². The molecule has 0 saturated carbocycles. The summed E-state index contributed by atoms with van der Waals surface area (Å²) in [6.07, 6.45) is 1.10. The van der Waals surface area contributed by atoms with Gasteiger partial charge in [0.2, 0.25) is 5.91 Å². The Morgan fingerprint density at radius 2 is 1.88 bits per heavy atom. The summed E-state index contributed by atoms with van der Waals surface area (Å²) in [5, 5.41) is 6.21. The van der Waals surface area contributed by atoms with E-state index in [0.29, 0.717) is 12.5 Å². The fourth-order valence-electron chi connectivity index (χ4n) is 2.34. The monoisotopic (exact) mass is 342 g/mol. The van der Waals surface area contributed by atoms with E-state index in [4.69, 9.17) is 4.74 Å². The predicted molar refractivity (Wildman–Crippen MR) is 101 cm³/mol. The van der Waals surface area contributed by atoms with E-state index in [9.17, 15) is 4.79 Å². The Kier molecular flexibility index (Phi) is 10.7. The lowest BCUT2D eigenvalue weighted by Crippen LogP contribution is -2.48. The number of nitrogens with zero attached hydrogens (tertiary/aromatic N) is 2. The number of hydrogen-bond donors (Lipinski definition) is 2. The summed E-state index contributed by atoms with van der Waals surface area (Å²) < 4.78 is 5.76. The normalized spacial score (nSPS) is 13.8. The van der Waals surface area contributed by atoms with Gasteiger partial charge in [0.1, 0.15) is 0 Å². The summed E-state index contributed by atoms with van der Waals surface area (Å²) in [6, 6.07) is 0. The van der Waals surface area contributed by atoms with Crippen molar-refractivity contribution in [2.45, 2.75) is 66.5 Å². The van der Waals surface area contributed by atoms with Crippen molar-refractivity contribution in [2.75, 3.05) is 33.3 Å². The molecule has 0 heterocycles. The highest BCUT2D eigenvalue weighted by molar-refractivity contribution is 5.86. The van der Waals surface area contributed by atoms with Crippen LogP contribution in [0.25, 0.3) is 0 Å². The van der Waals surface area contributed by atoms with Gasteiger partial charge in [-0.3, -0.25) is 9.79 Å². The van der Waals surface area contributed by atoms with Crippen molar-refractivity contribution in [2.24, 2.45) is 10.9 Å². The van der Waals surface area contributed by atoms with Crippen molar-refractivity contribution in [3.63, 3.8) is 0 Å². The molecule has 0 aliphatic heterocycles. The third kappa shape index (κ3) is 10.5. The van der Waals surface area contributed by atoms with E-state index >= 15 is 0 Å². The fourth-order valence-corrected chi connectivity index (χ4v) is 2.34. The molecule has 0 aliphatic rings. The maximum atomic E-state index is 12.1. The zero-order chi connectivity index (χ0) is 18.8. The molecular weight excluding hydrogens is 304 g/mol. The highest BCUT2D eigenvalue weighted by atomic mass is 16.5. The zero-order valence-electron chi connectivity index (χ0n) is 16.9. The van der Waals surface area contributed by atoms with Crippen LogP contribution in [0.5, 0.6) is 0 Å². The molecule has 0 rings (SSSR count). The first-order valence-electron chi connectivity index (χ1n) is 9.02. The highest BCUT2D eigenvalue weighted by Crippen LogP contribution is 2.10. The number of nitrogens with one attached hydrogen (secondary N) is 2. The molecule has 6 heteroatoms. The molecule has 0 fully saturated rings. The molecule has 24 heavy (non-hydrogen) atoms. The summed E-state index contributed by atoms with van der Waals surface area (Å²) in [4.78, 5) is 18.6. The van der Waals surface area contributed by atoms with Crippen LogP contribution in [0.2, 0.25) is 0 Å². The first-order valence-corrected chi connectivity index (χ1v) is 9.02. The molecule has 1 atom stereocenters. The molecule has 0 bridgehead atoms. The average Bonchev–Trinajstić information content (AvgIpc) is 2.42. The van der Waals surface area contributed by atoms with Crippen LogP contribution in [0.15, 0.2) is 4.99 Å². The summed E-state index contributed by atoms with van der Waals surface area (Å²) in [5.74, 6) is 1.21. The van der Waals surface area contributed by atoms with Gasteiger partial charge in [-0.2, -0.15) is 0 Å². The second-order valence-electron chi connectivity index (χ2n) is 7.42. The van der Waals surface area contributed by atoms with Crippen molar-refractivity contribution < 1.29 is 9.53 Å². The zero-order valence-corrected chi connectivity index (χ0v) is 16.9. The topological polar surface area (TPSA) is 66.0 Å². The molecule has 0 aromatic heterocycles. The minimum absolute atomic E-state index is 0.00928. The Morgan fingerprint density at radius 3 is 2.33 bits per heavy atom. The number of hydrogen-bond acceptors (Lipinski definition) is 3. The van der Waals surface area contributed by atoms with Crippen molar-refractivity contribution in [1.82, 2.24) is 15.5 Å². The van der Waals surface area contributed by atoms with E-state index in [1.54, 1.807) is 0 Å². The lowest BCUT2D eigenvalue weighted by Gasteiger charge is -2.26. The van der Waals surface area contributed by atoms with Gasteiger partial charge in [0.05, 0.1) is 12.6 Å². The summed E-state index contributed by atoms with van der Waals surface area (Å²) in [5.41, 5.74) is -0.227. The van der Waals surface area contributed by atoms with E-state index in [0.717, 1.165) is 25.5 Å². The average molecular weight is 343 g/mol. The molecule has 0 aromatic carbocycles. The molecule has 0 saturated heterocycles. The van der Waals surface area contributed by atoms with Gasteiger partial charge in [0, 0.05) is 32.3 Å². The van der Waals surface area contributed by atoms with Gasteiger partial charge in [0.15, 0.2) is 5.96 Å². The smallest absolute Gasteiger partial charge is 0.240 e. The van der Waals surface area contributed by atoms with Gasteiger partial charge in [-0.1, -0.05) is 13.8 Å². The minimum Gasteiger partial charge on any atom is -0.378 e. The number of carbonyl (C=O) groups is 1. The molecule has 0 aromatic rings. The fraction of sp³-hybridized carbons (Fsp3) is 0.889. The van der Waals surface area contributed by atoms with Gasteiger partial charge < -0.3 is 20.3 Å². The van der Waals surface area contributed by atoms with Gasteiger partial charge >= 0.3 is 0 Å². The summed E-state index contributed by atoms with van der Waals surface area (Å²) in [7, 11) is 1.88. The van der Waals surface area contributed by atoms with E-state index in [-0.39, 0.29) is 24.1 Å². The maximum absolute atomic E-state index is 12.1. The first kappa shape index (κ1) is 22.7. The number of amides is 1. The number of aliphatic imine (C=N–C) groups is 1. The molecule has 142 valence electrons. The molecule has 0 aliphatic carbocycles. The van der Waals surface area contributed by atoms with Crippen LogP contribution in [0.4, 0.5) is 0 Å². The summed E-state index contributed by atoms with van der Waals surface area (Å²) in [6.45, 7) is 16.7.